The molecule has 2 aromatic rings. The van der Waals surface area contributed by atoms with Gasteiger partial charge in [-0.05, 0) is 66.8 Å². The molecular weight excluding hydrogens is 455 g/mol. The number of carbonyl (C=O) groups excluding carboxylic acids is 1. The summed E-state index contributed by atoms with van der Waals surface area (Å²) in [5, 5.41) is 0. The highest BCUT2D eigenvalue weighted by atomic mass is 19.4. The fourth-order valence-corrected chi connectivity index (χ4v) is 5.98. The van der Waals surface area contributed by atoms with Crippen LogP contribution in [0.5, 0.6) is 5.75 Å². The number of halogens is 3. The highest BCUT2D eigenvalue weighted by Gasteiger charge is 2.43. The monoisotopic (exact) mass is 487 g/mol. The smallest absolute Gasteiger partial charge is 0.418 e. The summed E-state index contributed by atoms with van der Waals surface area (Å²) in [6, 6.07) is 12.2. The maximum Gasteiger partial charge on any atom is 0.418 e. The Morgan fingerprint density at radius 1 is 1.11 bits per heavy atom. The minimum Gasteiger partial charge on any atom is -0.487 e. The molecule has 2 atom stereocenters. The summed E-state index contributed by atoms with van der Waals surface area (Å²) in [5.41, 5.74) is 1.57. The Morgan fingerprint density at radius 2 is 1.83 bits per heavy atom. The zero-order valence-electron chi connectivity index (χ0n) is 20.2. The normalized spacial score (nSPS) is 21.1. The molecule has 0 bridgehead atoms. The Labute approximate surface area is 204 Å². The van der Waals surface area contributed by atoms with Crippen molar-refractivity contribution in [1.82, 2.24) is 0 Å². The van der Waals surface area contributed by atoms with Crippen molar-refractivity contribution < 1.29 is 27.4 Å². The molecule has 1 saturated heterocycles. The number of hydrogen-bond donors (Lipinski definition) is 0. The van der Waals surface area contributed by atoms with Crippen molar-refractivity contribution in [2.75, 3.05) is 25.1 Å². The molecule has 2 fully saturated rings. The SMILES string of the molecule is COC(=O)C(C)C(c1ccc2c(c1)OC1(CC2)CCN(c2ccccc2C(F)(F)F)CC1)C1CC1. The summed E-state index contributed by atoms with van der Waals surface area (Å²) in [5.74, 6) is 1.04. The molecule has 4 nitrogen and oxygen atoms in total. The molecule has 0 amide bonds. The number of nitrogens with zero attached hydrogens (tertiary/aromatic N) is 1. The van der Waals surface area contributed by atoms with Gasteiger partial charge in [0.2, 0.25) is 0 Å². The van der Waals surface area contributed by atoms with E-state index in [4.69, 9.17) is 9.47 Å². The van der Waals surface area contributed by atoms with Gasteiger partial charge < -0.3 is 14.4 Å². The van der Waals surface area contributed by atoms with E-state index >= 15 is 0 Å². The van der Waals surface area contributed by atoms with E-state index in [9.17, 15) is 18.0 Å². The number of benzene rings is 2. The molecule has 2 heterocycles. The number of alkyl halides is 3. The van der Waals surface area contributed by atoms with E-state index in [0.717, 1.165) is 48.6 Å². The first-order valence-electron chi connectivity index (χ1n) is 12.5. The van der Waals surface area contributed by atoms with Gasteiger partial charge in [0.1, 0.15) is 11.4 Å². The number of methoxy groups -OCH3 is 1. The van der Waals surface area contributed by atoms with Gasteiger partial charge in [-0.3, -0.25) is 4.79 Å². The predicted octanol–water partition coefficient (Wildman–Crippen LogP) is 6.37. The zero-order valence-corrected chi connectivity index (χ0v) is 20.2. The maximum atomic E-state index is 13.5. The third-order valence-corrected chi connectivity index (χ3v) is 8.12. The Bertz CT molecular complexity index is 1090. The van der Waals surface area contributed by atoms with Gasteiger partial charge in [-0.1, -0.05) is 31.2 Å². The topological polar surface area (TPSA) is 38.8 Å². The number of fused-ring (bicyclic) bond motifs is 1. The van der Waals surface area contributed by atoms with Crippen molar-refractivity contribution in [1.29, 1.82) is 0 Å². The Kier molecular flexibility index (Phi) is 6.22. The van der Waals surface area contributed by atoms with E-state index in [1.54, 1.807) is 12.1 Å². The number of para-hydroxylation sites is 1. The Hall–Kier alpha value is -2.70. The van der Waals surface area contributed by atoms with Crippen LogP contribution in [0.3, 0.4) is 0 Å². The number of piperidine rings is 1. The summed E-state index contributed by atoms with van der Waals surface area (Å²) >= 11 is 0. The second-order valence-corrected chi connectivity index (χ2v) is 10.3. The highest BCUT2D eigenvalue weighted by molar-refractivity contribution is 5.73. The molecule has 35 heavy (non-hydrogen) atoms. The number of aryl methyl sites for hydroxylation is 1. The average Bonchev–Trinajstić information content (AvgIpc) is 3.68. The first kappa shape index (κ1) is 24.0. The molecule has 1 saturated carbocycles. The van der Waals surface area contributed by atoms with Crippen molar-refractivity contribution >= 4 is 11.7 Å². The number of rotatable bonds is 5. The largest absolute Gasteiger partial charge is 0.487 e. The molecule has 188 valence electrons. The van der Waals surface area contributed by atoms with Crippen molar-refractivity contribution in [3.05, 3.63) is 59.2 Å². The third kappa shape index (κ3) is 4.74. The highest BCUT2D eigenvalue weighted by Crippen LogP contribution is 2.49. The average molecular weight is 488 g/mol. The lowest BCUT2D eigenvalue weighted by molar-refractivity contribution is -0.145. The lowest BCUT2D eigenvalue weighted by Gasteiger charge is -2.45. The van der Waals surface area contributed by atoms with E-state index < -0.39 is 11.7 Å². The molecule has 3 aliphatic rings. The summed E-state index contributed by atoms with van der Waals surface area (Å²) in [4.78, 5) is 14.1. The van der Waals surface area contributed by atoms with Crippen molar-refractivity contribution in [3.63, 3.8) is 0 Å². The number of carbonyl (C=O) groups is 1. The quantitative estimate of drug-likeness (QED) is 0.459. The standard InChI is InChI=1S/C28H32F3NO3/c1-18(26(33)34-2)25(20-8-9-20)21-10-7-19-11-12-27(35-24(19)17-21)13-15-32(16-14-27)23-6-4-3-5-22(23)28(29,30)31/h3-7,10,17-18,20,25H,8-9,11-16H2,1-2H3. The summed E-state index contributed by atoms with van der Waals surface area (Å²) in [6.07, 6.45) is 0.948. The van der Waals surface area contributed by atoms with Crippen LogP contribution < -0.4 is 9.64 Å². The van der Waals surface area contributed by atoms with Gasteiger partial charge in [0.25, 0.3) is 0 Å². The third-order valence-electron chi connectivity index (χ3n) is 8.12. The van der Waals surface area contributed by atoms with Gasteiger partial charge in [0.05, 0.1) is 18.6 Å². The van der Waals surface area contributed by atoms with Crippen LogP contribution in [0.15, 0.2) is 42.5 Å². The second-order valence-electron chi connectivity index (χ2n) is 10.3. The maximum absolute atomic E-state index is 13.5. The summed E-state index contributed by atoms with van der Waals surface area (Å²) in [6.45, 7) is 2.98. The molecule has 1 aliphatic carbocycles. The minimum absolute atomic E-state index is 0.106. The number of ether oxygens (including phenoxy) is 2. The lowest BCUT2D eigenvalue weighted by atomic mass is 9.80. The van der Waals surface area contributed by atoms with Crippen LogP contribution in [-0.4, -0.2) is 31.8 Å². The van der Waals surface area contributed by atoms with Crippen molar-refractivity contribution in [2.45, 2.75) is 63.1 Å². The fraction of sp³-hybridized carbons (Fsp3) is 0.536. The van der Waals surface area contributed by atoms with Gasteiger partial charge in [0.15, 0.2) is 0 Å². The molecule has 2 aromatic carbocycles. The Morgan fingerprint density at radius 3 is 2.49 bits per heavy atom. The van der Waals surface area contributed by atoms with Crippen molar-refractivity contribution in [3.8, 4) is 5.75 Å². The molecule has 0 N–H and O–H groups in total. The lowest BCUT2D eigenvalue weighted by Crippen LogP contribution is -2.50. The van der Waals surface area contributed by atoms with Gasteiger partial charge in [-0.2, -0.15) is 13.2 Å². The summed E-state index contributed by atoms with van der Waals surface area (Å²) in [7, 11) is 1.43. The van der Waals surface area contributed by atoms with E-state index in [1.165, 1.54) is 13.2 Å². The van der Waals surface area contributed by atoms with Gasteiger partial charge in [-0.15, -0.1) is 0 Å². The minimum atomic E-state index is -4.37. The van der Waals surface area contributed by atoms with Crippen LogP contribution in [0.1, 0.15) is 61.6 Å². The zero-order chi connectivity index (χ0) is 24.8. The molecule has 5 rings (SSSR count). The predicted molar refractivity (Wildman–Crippen MR) is 128 cm³/mol. The van der Waals surface area contributed by atoms with Crippen LogP contribution in [0.4, 0.5) is 18.9 Å². The molecule has 7 heteroatoms. The number of anilines is 1. The summed E-state index contributed by atoms with van der Waals surface area (Å²) < 4.78 is 52.3. The van der Waals surface area contributed by atoms with E-state index in [2.05, 4.69) is 18.2 Å². The Balaban J connectivity index is 1.33. The van der Waals surface area contributed by atoms with Crippen LogP contribution >= 0.6 is 0 Å². The molecule has 2 unspecified atom stereocenters. The molecular formula is C28H32F3NO3. The van der Waals surface area contributed by atoms with Gasteiger partial charge in [-0.25, -0.2) is 0 Å². The fourth-order valence-electron chi connectivity index (χ4n) is 5.98. The van der Waals surface area contributed by atoms with Crippen LogP contribution in [-0.2, 0) is 22.1 Å². The van der Waals surface area contributed by atoms with E-state index in [1.807, 2.05) is 11.8 Å². The molecule has 2 aliphatic heterocycles. The van der Waals surface area contributed by atoms with Crippen LogP contribution in [0.2, 0.25) is 0 Å². The first-order valence-corrected chi connectivity index (χ1v) is 12.5. The molecule has 0 aromatic heterocycles. The molecule has 0 radical (unpaired) electrons. The van der Waals surface area contributed by atoms with Gasteiger partial charge in [0, 0.05) is 31.6 Å². The van der Waals surface area contributed by atoms with E-state index in [-0.39, 0.29) is 29.1 Å². The first-order chi connectivity index (χ1) is 16.7. The number of hydrogen-bond acceptors (Lipinski definition) is 4. The second kappa shape index (κ2) is 9.07. The van der Waals surface area contributed by atoms with Crippen LogP contribution in [0, 0.1) is 11.8 Å². The molecule has 1 spiro atoms. The van der Waals surface area contributed by atoms with Gasteiger partial charge >= 0.3 is 12.1 Å². The van der Waals surface area contributed by atoms with Crippen molar-refractivity contribution in [2.24, 2.45) is 11.8 Å². The number of esters is 1. The van der Waals surface area contributed by atoms with E-state index in [0.29, 0.717) is 31.8 Å². The van der Waals surface area contributed by atoms with Crippen LogP contribution in [0.25, 0.3) is 0 Å².